The number of aryl methyl sites for hydroxylation is 1. The molecular formula is C25H22N2O3S. The van der Waals surface area contributed by atoms with Crippen molar-refractivity contribution in [2.75, 3.05) is 11.9 Å². The first kappa shape index (κ1) is 20.6. The standard InChI is InChI=1S/C25H22N2O3S/c1-3-30-25(29)18-9-11-20(12-10-18)26-24(28)23-22(27-13-4-5-14-27)21(16-31-23)19-8-6-7-17(2)15-19/h4-16H,3H2,1-2H3,(H,26,28). The summed E-state index contributed by atoms with van der Waals surface area (Å²) >= 11 is 1.41. The van der Waals surface area contributed by atoms with E-state index < -0.39 is 0 Å². The van der Waals surface area contributed by atoms with E-state index in [1.807, 2.05) is 40.5 Å². The fourth-order valence-electron chi connectivity index (χ4n) is 3.36. The molecule has 0 unspecified atom stereocenters. The summed E-state index contributed by atoms with van der Waals surface area (Å²) in [7, 11) is 0. The van der Waals surface area contributed by atoms with Crippen molar-refractivity contribution in [1.82, 2.24) is 4.57 Å². The molecule has 0 spiro atoms. The Morgan fingerprint density at radius 2 is 1.77 bits per heavy atom. The van der Waals surface area contributed by atoms with Crippen LogP contribution < -0.4 is 5.32 Å². The first-order valence-corrected chi connectivity index (χ1v) is 10.8. The number of rotatable bonds is 6. The van der Waals surface area contributed by atoms with Gasteiger partial charge in [-0.05, 0) is 55.8 Å². The molecule has 0 saturated carbocycles. The highest BCUT2D eigenvalue weighted by Crippen LogP contribution is 2.35. The zero-order chi connectivity index (χ0) is 21.8. The van der Waals surface area contributed by atoms with Gasteiger partial charge in [-0.1, -0.05) is 29.8 Å². The Hall–Kier alpha value is -3.64. The lowest BCUT2D eigenvalue weighted by molar-refractivity contribution is 0.0526. The zero-order valence-electron chi connectivity index (χ0n) is 17.3. The highest BCUT2D eigenvalue weighted by atomic mass is 32.1. The molecule has 1 N–H and O–H groups in total. The van der Waals surface area contributed by atoms with Gasteiger partial charge in [-0.25, -0.2) is 4.79 Å². The van der Waals surface area contributed by atoms with Crippen LogP contribution in [0.2, 0.25) is 0 Å². The molecule has 2 aromatic heterocycles. The number of carbonyl (C=O) groups excluding carboxylic acids is 2. The van der Waals surface area contributed by atoms with Crippen LogP contribution in [0.25, 0.3) is 16.8 Å². The summed E-state index contributed by atoms with van der Waals surface area (Å²) in [4.78, 5) is 25.6. The van der Waals surface area contributed by atoms with E-state index in [0.717, 1.165) is 22.4 Å². The van der Waals surface area contributed by atoms with E-state index in [1.165, 1.54) is 11.3 Å². The van der Waals surface area contributed by atoms with Gasteiger partial charge in [0, 0.05) is 29.0 Å². The van der Waals surface area contributed by atoms with Gasteiger partial charge in [0.25, 0.3) is 5.91 Å². The van der Waals surface area contributed by atoms with E-state index in [9.17, 15) is 9.59 Å². The average Bonchev–Trinajstić information content (AvgIpc) is 3.44. The van der Waals surface area contributed by atoms with E-state index in [2.05, 4.69) is 30.4 Å². The highest BCUT2D eigenvalue weighted by molar-refractivity contribution is 7.13. The molecule has 0 aliphatic heterocycles. The molecule has 156 valence electrons. The lowest BCUT2D eigenvalue weighted by atomic mass is 10.0. The second kappa shape index (κ2) is 9.02. The number of benzene rings is 2. The third kappa shape index (κ3) is 4.44. The van der Waals surface area contributed by atoms with E-state index in [1.54, 1.807) is 31.2 Å². The molecule has 0 atom stereocenters. The van der Waals surface area contributed by atoms with Crippen molar-refractivity contribution in [3.05, 3.63) is 94.4 Å². The maximum Gasteiger partial charge on any atom is 0.338 e. The van der Waals surface area contributed by atoms with Crippen LogP contribution in [0.5, 0.6) is 0 Å². The van der Waals surface area contributed by atoms with Crippen LogP contribution in [-0.2, 0) is 4.74 Å². The third-order valence-corrected chi connectivity index (χ3v) is 5.78. The minimum absolute atomic E-state index is 0.198. The van der Waals surface area contributed by atoms with E-state index >= 15 is 0 Å². The van der Waals surface area contributed by atoms with Crippen molar-refractivity contribution in [2.24, 2.45) is 0 Å². The number of nitrogens with zero attached hydrogens (tertiary/aromatic N) is 1. The normalized spacial score (nSPS) is 10.6. The van der Waals surface area contributed by atoms with Crippen molar-refractivity contribution < 1.29 is 14.3 Å². The summed E-state index contributed by atoms with van der Waals surface area (Å²) in [6, 6.07) is 18.8. The number of amides is 1. The lowest BCUT2D eigenvalue weighted by Gasteiger charge is -2.11. The van der Waals surface area contributed by atoms with Gasteiger partial charge in [0.2, 0.25) is 0 Å². The largest absolute Gasteiger partial charge is 0.462 e. The van der Waals surface area contributed by atoms with Crippen molar-refractivity contribution in [2.45, 2.75) is 13.8 Å². The summed E-state index contributed by atoms with van der Waals surface area (Å²) in [5, 5.41) is 4.96. The number of aromatic nitrogens is 1. The number of anilines is 1. The lowest BCUT2D eigenvalue weighted by Crippen LogP contribution is -2.13. The van der Waals surface area contributed by atoms with Gasteiger partial charge in [-0.3, -0.25) is 4.79 Å². The third-order valence-electron chi connectivity index (χ3n) is 4.82. The average molecular weight is 431 g/mol. The predicted molar refractivity (Wildman–Crippen MR) is 124 cm³/mol. The fourth-order valence-corrected chi connectivity index (χ4v) is 4.33. The van der Waals surface area contributed by atoms with E-state index in [4.69, 9.17) is 4.74 Å². The van der Waals surface area contributed by atoms with Crippen LogP contribution in [0.15, 0.2) is 78.4 Å². The van der Waals surface area contributed by atoms with Crippen LogP contribution in [0, 0.1) is 6.92 Å². The highest BCUT2D eigenvalue weighted by Gasteiger charge is 2.21. The Kier molecular flexibility index (Phi) is 6.00. The number of esters is 1. The van der Waals surface area contributed by atoms with Crippen LogP contribution in [0.1, 0.15) is 32.5 Å². The monoisotopic (exact) mass is 430 g/mol. The molecule has 2 aromatic carbocycles. The first-order chi connectivity index (χ1) is 15.1. The van der Waals surface area contributed by atoms with Crippen molar-refractivity contribution in [3.8, 4) is 16.8 Å². The summed E-state index contributed by atoms with van der Waals surface area (Å²) in [5.74, 6) is -0.576. The zero-order valence-corrected chi connectivity index (χ0v) is 18.1. The molecule has 5 nitrogen and oxygen atoms in total. The van der Waals surface area contributed by atoms with Crippen molar-refractivity contribution in [1.29, 1.82) is 0 Å². The number of carbonyl (C=O) groups is 2. The Balaban J connectivity index is 1.65. The van der Waals surface area contributed by atoms with Gasteiger partial charge in [0.15, 0.2) is 0 Å². The number of nitrogens with one attached hydrogen (secondary N) is 1. The summed E-state index contributed by atoms with van der Waals surface area (Å²) in [6.07, 6.45) is 3.87. The topological polar surface area (TPSA) is 60.3 Å². The van der Waals surface area contributed by atoms with Gasteiger partial charge in [0.1, 0.15) is 4.88 Å². The number of hydrogen-bond acceptors (Lipinski definition) is 4. The molecule has 2 heterocycles. The molecule has 0 aliphatic carbocycles. The molecule has 0 fully saturated rings. The van der Waals surface area contributed by atoms with Gasteiger partial charge in [-0.2, -0.15) is 0 Å². The number of hydrogen-bond donors (Lipinski definition) is 1. The molecule has 0 radical (unpaired) electrons. The Labute approximate surface area is 184 Å². The van der Waals surface area contributed by atoms with Crippen molar-refractivity contribution >= 4 is 28.9 Å². The maximum atomic E-state index is 13.2. The molecule has 4 aromatic rings. The summed E-state index contributed by atoms with van der Waals surface area (Å²) in [5.41, 5.74) is 5.15. The molecule has 4 rings (SSSR count). The molecular weight excluding hydrogens is 408 g/mol. The van der Waals surface area contributed by atoms with Crippen molar-refractivity contribution in [3.63, 3.8) is 0 Å². The van der Waals surface area contributed by atoms with E-state index in [-0.39, 0.29) is 11.9 Å². The number of thiophene rings is 1. The fraction of sp³-hybridized carbons (Fsp3) is 0.120. The van der Waals surface area contributed by atoms with Crippen LogP contribution in [0.3, 0.4) is 0 Å². The molecule has 6 heteroatoms. The Bertz CT molecular complexity index is 1210. The SMILES string of the molecule is CCOC(=O)c1ccc(NC(=O)c2scc(-c3cccc(C)c3)c2-n2cccc2)cc1. The second-order valence-corrected chi connectivity index (χ2v) is 7.92. The van der Waals surface area contributed by atoms with Gasteiger partial charge in [-0.15, -0.1) is 11.3 Å². The molecule has 0 aliphatic rings. The molecule has 31 heavy (non-hydrogen) atoms. The molecule has 1 amide bonds. The minimum Gasteiger partial charge on any atom is -0.462 e. The van der Waals surface area contributed by atoms with Crippen LogP contribution in [0.4, 0.5) is 5.69 Å². The van der Waals surface area contributed by atoms with Gasteiger partial charge >= 0.3 is 5.97 Å². The Morgan fingerprint density at radius 3 is 2.45 bits per heavy atom. The van der Waals surface area contributed by atoms with E-state index in [0.29, 0.717) is 22.7 Å². The predicted octanol–water partition coefficient (Wildman–Crippen LogP) is 5.94. The minimum atomic E-state index is -0.378. The maximum absolute atomic E-state index is 13.2. The Morgan fingerprint density at radius 1 is 1.03 bits per heavy atom. The summed E-state index contributed by atoms with van der Waals surface area (Å²) in [6.45, 7) is 4.14. The van der Waals surface area contributed by atoms with Crippen LogP contribution in [-0.4, -0.2) is 23.1 Å². The number of ether oxygens (including phenoxy) is 1. The van der Waals surface area contributed by atoms with Gasteiger partial charge in [0.05, 0.1) is 17.9 Å². The molecule has 0 bridgehead atoms. The summed E-state index contributed by atoms with van der Waals surface area (Å²) < 4.78 is 6.97. The first-order valence-electron chi connectivity index (χ1n) is 9.97. The quantitative estimate of drug-likeness (QED) is 0.385. The van der Waals surface area contributed by atoms with Gasteiger partial charge < -0.3 is 14.6 Å². The smallest absolute Gasteiger partial charge is 0.338 e. The second-order valence-electron chi connectivity index (χ2n) is 7.04. The molecule has 0 saturated heterocycles. The van der Waals surface area contributed by atoms with Crippen LogP contribution >= 0.6 is 11.3 Å².